The number of halogens is 1. The predicted octanol–water partition coefficient (Wildman–Crippen LogP) is 4.10. The van der Waals surface area contributed by atoms with Gasteiger partial charge in [-0.1, -0.05) is 35.0 Å². The van der Waals surface area contributed by atoms with E-state index in [0.717, 1.165) is 11.1 Å². The highest BCUT2D eigenvalue weighted by Gasteiger charge is 2.07. The highest BCUT2D eigenvalue weighted by Crippen LogP contribution is 2.21. The van der Waals surface area contributed by atoms with E-state index < -0.39 is 0 Å². The average Bonchev–Trinajstić information content (AvgIpc) is 2.52. The van der Waals surface area contributed by atoms with E-state index in [2.05, 4.69) is 5.16 Å². The minimum absolute atomic E-state index is 0.0107. The summed E-state index contributed by atoms with van der Waals surface area (Å²) in [5.74, 6) is 0.640. The Kier molecular flexibility index (Phi) is 5.55. The SMILES string of the molecule is COc1ccc(C(C)=O)cc1CO/N=C/c1ccccc1Cl. The predicted molar refractivity (Wildman–Crippen MR) is 86.8 cm³/mol. The summed E-state index contributed by atoms with van der Waals surface area (Å²) in [7, 11) is 1.57. The van der Waals surface area contributed by atoms with Crippen LogP contribution in [0, 0.1) is 0 Å². The summed E-state index contributed by atoms with van der Waals surface area (Å²) in [5.41, 5.74) is 2.13. The normalized spacial score (nSPS) is 10.7. The van der Waals surface area contributed by atoms with E-state index in [1.54, 1.807) is 37.6 Å². The summed E-state index contributed by atoms with van der Waals surface area (Å²) in [5, 5.41) is 4.50. The molecule has 0 radical (unpaired) electrons. The van der Waals surface area contributed by atoms with Gasteiger partial charge in [0.1, 0.15) is 12.4 Å². The molecule has 2 aromatic carbocycles. The number of carbonyl (C=O) groups is 1. The van der Waals surface area contributed by atoms with Gasteiger partial charge in [0.25, 0.3) is 0 Å². The minimum Gasteiger partial charge on any atom is -0.496 e. The molecule has 0 spiro atoms. The first-order chi connectivity index (χ1) is 10.6. The molecule has 114 valence electrons. The van der Waals surface area contributed by atoms with Crippen molar-refractivity contribution in [3.8, 4) is 5.75 Å². The van der Waals surface area contributed by atoms with Gasteiger partial charge in [-0.05, 0) is 31.2 Å². The molecule has 0 amide bonds. The number of hydrogen-bond acceptors (Lipinski definition) is 4. The van der Waals surface area contributed by atoms with Crippen LogP contribution in [0.5, 0.6) is 5.75 Å². The fourth-order valence-electron chi connectivity index (χ4n) is 1.89. The smallest absolute Gasteiger partial charge is 0.159 e. The van der Waals surface area contributed by atoms with Crippen molar-refractivity contribution < 1.29 is 14.4 Å². The van der Waals surface area contributed by atoms with Crippen molar-refractivity contribution in [1.82, 2.24) is 0 Å². The van der Waals surface area contributed by atoms with Gasteiger partial charge in [-0.2, -0.15) is 0 Å². The number of rotatable bonds is 6. The molecule has 0 N–H and O–H groups in total. The monoisotopic (exact) mass is 317 g/mol. The number of oxime groups is 1. The summed E-state index contributed by atoms with van der Waals surface area (Å²) in [6.07, 6.45) is 1.55. The molecule has 4 nitrogen and oxygen atoms in total. The number of ketones is 1. The van der Waals surface area contributed by atoms with E-state index in [-0.39, 0.29) is 12.4 Å². The van der Waals surface area contributed by atoms with Crippen molar-refractivity contribution in [3.63, 3.8) is 0 Å². The molecule has 0 aliphatic rings. The van der Waals surface area contributed by atoms with E-state index in [4.69, 9.17) is 21.2 Å². The van der Waals surface area contributed by atoms with Gasteiger partial charge in [0.05, 0.1) is 13.3 Å². The molecule has 0 bridgehead atoms. The van der Waals surface area contributed by atoms with Gasteiger partial charge in [-0.15, -0.1) is 0 Å². The number of Topliss-reactive ketones (excluding diaryl/α,β-unsaturated/α-hetero) is 1. The zero-order valence-electron chi connectivity index (χ0n) is 12.4. The Morgan fingerprint density at radius 3 is 2.73 bits per heavy atom. The standard InChI is InChI=1S/C17H16ClNO3/c1-12(20)13-7-8-17(21-2)15(9-13)11-22-19-10-14-5-3-4-6-16(14)18/h3-10H,11H2,1-2H3/b19-10+. The highest BCUT2D eigenvalue weighted by atomic mass is 35.5. The van der Waals surface area contributed by atoms with Gasteiger partial charge < -0.3 is 9.57 Å². The first-order valence-corrected chi connectivity index (χ1v) is 7.07. The third-order valence-corrected chi connectivity index (χ3v) is 3.42. The largest absolute Gasteiger partial charge is 0.496 e. The van der Waals surface area contributed by atoms with Crippen molar-refractivity contribution >= 4 is 23.6 Å². The molecule has 0 saturated heterocycles. The van der Waals surface area contributed by atoms with Gasteiger partial charge >= 0.3 is 0 Å². The van der Waals surface area contributed by atoms with Crippen molar-refractivity contribution in [2.75, 3.05) is 7.11 Å². The third-order valence-electron chi connectivity index (χ3n) is 3.08. The van der Waals surface area contributed by atoms with E-state index in [9.17, 15) is 4.79 Å². The number of hydrogen-bond donors (Lipinski definition) is 0. The number of methoxy groups -OCH3 is 1. The Labute approximate surface area is 134 Å². The molecule has 0 aromatic heterocycles. The summed E-state index contributed by atoms with van der Waals surface area (Å²) in [4.78, 5) is 16.7. The van der Waals surface area contributed by atoms with Gasteiger partial charge in [-0.3, -0.25) is 4.79 Å². The summed E-state index contributed by atoms with van der Waals surface area (Å²) < 4.78 is 5.25. The van der Waals surface area contributed by atoms with Gasteiger partial charge in [0, 0.05) is 21.7 Å². The Morgan fingerprint density at radius 1 is 1.27 bits per heavy atom. The van der Waals surface area contributed by atoms with Crippen LogP contribution in [0.25, 0.3) is 0 Å². The Morgan fingerprint density at radius 2 is 2.05 bits per heavy atom. The number of benzene rings is 2. The fourth-order valence-corrected chi connectivity index (χ4v) is 2.08. The second kappa shape index (κ2) is 7.61. The summed E-state index contributed by atoms with van der Waals surface area (Å²) in [6, 6.07) is 12.5. The minimum atomic E-state index is -0.0107. The van der Waals surface area contributed by atoms with E-state index in [1.165, 1.54) is 6.92 Å². The van der Waals surface area contributed by atoms with Crippen LogP contribution in [0.3, 0.4) is 0 Å². The van der Waals surface area contributed by atoms with E-state index in [1.807, 2.05) is 18.2 Å². The Balaban J connectivity index is 2.06. The van der Waals surface area contributed by atoms with Crippen molar-refractivity contribution in [2.45, 2.75) is 13.5 Å². The first kappa shape index (κ1) is 16.0. The van der Waals surface area contributed by atoms with E-state index >= 15 is 0 Å². The first-order valence-electron chi connectivity index (χ1n) is 6.69. The van der Waals surface area contributed by atoms with Crippen molar-refractivity contribution in [3.05, 3.63) is 64.2 Å². The second-order valence-electron chi connectivity index (χ2n) is 4.61. The molecule has 0 aliphatic carbocycles. The lowest BCUT2D eigenvalue weighted by Gasteiger charge is -2.08. The third kappa shape index (κ3) is 4.09. The van der Waals surface area contributed by atoms with Crippen LogP contribution < -0.4 is 4.74 Å². The Bertz CT molecular complexity index is 698. The van der Waals surface area contributed by atoms with Crippen LogP contribution >= 0.6 is 11.6 Å². The summed E-state index contributed by atoms with van der Waals surface area (Å²) >= 11 is 6.02. The fraction of sp³-hybridized carbons (Fsp3) is 0.176. The van der Waals surface area contributed by atoms with Crippen LogP contribution in [-0.2, 0) is 11.4 Å². The molecule has 0 unspecified atom stereocenters. The molecule has 0 saturated carbocycles. The Hall–Kier alpha value is -2.33. The molecule has 0 fully saturated rings. The number of carbonyl (C=O) groups excluding carboxylic acids is 1. The maximum absolute atomic E-state index is 11.4. The molecule has 5 heteroatoms. The number of ether oxygens (including phenoxy) is 1. The summed E-state index contributed by atoms with van der Waals surface area (Å²) in [6.45, 7) is 1.72. The maximum atomic E-state index is 11.4. The maximum Gasteiger partial charge on any atom is 0.159 e. The van der Waals surface area contributed by atoms with E-state index in [0.29, 0.717) is 16.3 Å². The second-order valence-corrected chi connectivity index (χ2v) is 5.02. The zero-order chi connectivity index (χ0) is 15.9. The number of nitrogens with zero attached hydrogens (tertiary/aromatic N) is 1. The lowest BCUT2D eigenvalue weighted by Crippen LogP contribution is -1.98. The zero-order valence-corrected chi connectivity index (χ0v) is 13.1. The molecule has 2 rings (SSSR count). The molecular weight excluding hydrogens is 302 g/mol. The average molecular weight is 318 g/mol. The van der Waals surface area contributed by atoms with Crippen LogP contribution in [-0.4, -0.2) is 19.1 Å². The molecule has 2 aromatic rings. The van der Waals surface area contributed by atoms with Gasteiger partial charge in [0.2, 0.25) is 0 Å². The van der Waals surface area contributed by atoms with Crippen molar-refractivity contribution in [1.29, 1.82) is 0 Å². The lowest BCUT2D eigenvalue weighted by atomic mass is 10.1. The van der Waals surface area contributed by atoms with Crippen molar-refractivity contribution in [2.24, 2.45) is 5.16 Å². The molecule has 0 heterocycles. The molecule has 0 atom stereocenters. The van der Waals surface area contributed by atoms with Gasteiger partial charge in [0.15, 0.2) is 5.78 Å². The van der Waals surface area contributed by atoms with Crippen LogP contribution in [0.4, 0.5) is 0 Å². The molecule has 0 aliphatic heterocycles. The van der Waals surface area contributed by atoms with Crippen LogP contribution in [0.1, 0.15) is 28.4 Å². The lowest BCUT2D eigenvalue weighted by molar-refractivity contribution is 0.101. The quantitative estimate of drug-likeness (QED) is 0.458. The van der Waals surface area contributed by atoms with Gasteiger partial charge in [-0.25, -0.2) is 0 Å². The van der Waals surface area contributed by atoms with Crippen LogP contribution in [0.2, 0.25) is 5.02 Å². The highest BCUT2D eigenvalue weighted by molar-refractivity contribution is 6.33. The molecule has 22 heavy (non-hydrogen) atoms. The topological polar surface area (TPSA) is 47.9 Å². The van der Waals surface area contributed by atoms with Crippen LogP contribution in [0.15, 0.2) is 47.6 Å². The molecular formula is C17H16ClNO3.